The third kappa shape index (κ3) is 2.97. The minimum atomic E-state index is -0.390. The number of nitrogens with zero attached hydrogens (tertiary/aromatic N) is 2. The van der Waals surface area contributed by atoms with E-state index in [1.165, 1.54) is 31.2 Å². The van der Waals surface area contributed by atoms with Gasteiger partial charge in [-0.3, -0.25) is 10.1 Å². The molecule has 1 fully saturated rings. The predicted molar refractivity (Wildman–Crippen MR) is 70.5 cm³/mol. The smallest absolute Gasteiger partial charge is 0.274 e. The van der Waals surface area contributed by atoms with Crippen LogP contribution in [0.15, 0.2) is 18.3 Å². The van der Waals surface area contributed by atoms with Gasteiger partial charge in [-0.25, -0.2) is 4.98 Å². The van der Waals surface area contributed by atoms with Gasteiger partial charge in [0.15, 0.2) is 0 Å². The molecule has 5 heteroatoms. The predicted octanol–water partition coefficient (Wildman–Crippen LogP) is 3.23. The molecule has 18 heavy (non-hydrogen) atoms. The molecule has 0 aromatic carbocycles. The highest BCUT2D eigenvalue weighted by atomic mass is 16.6. The van der Waals surface area contributed by atoms with Gasteiger partial charge in [0.2, 0.25) is 0 Å². The largest absolute Gasteiger partial charge is 0.367 e. The van der Waals surface area contributed by atoms with Gasteiger partial charge in [0, 0.05) is 18.3 Å². The maximum absolute atomic E-state index is 10.7. The Bertz CT molecular complexity index is 436. The van der Waals surface area contributed by atoms with Crippen LogP contribution in [-0.4, -0.2) is 15.9 Å². The van der Waals surface area contributed by atoms with Crippen molar-refractivity contribution >= 4 is 11.5 Å². The lowest BCUT2D eigenvalue weighted by atomic mass is 9.80. The summed E-state index contributed by atoms with van der Waals surface area (Å²) < 4.78 is 0. The van der Waals surface area contributed by atoms with Crippen LogP contribution in [-0.2, 0) is 0 Å². The second-order valence-corrected chi connectivity index (χ2v) is 5.30. The molecule has 1 aliphatic rings. The molecule has 1 aliphatic carbocycles. The lowest BCUT2D eigenvalue weighted by Gasteiger charge is -2.33. The molecule has 3 atom stereocenters. The molecule has 0 radical (unpaired) electrons. The van der Waals surface area contributed by atoms with E-state index < -0.39 is 0 Å². The van der Waals surface area contributed by atoms with Gasteiger partial charge >= 0.3 is 0 Å². The van der Waals surface area contributed by atoms with Crippen molar-refractivity contribution in [2.24, 2.45) is 11.8 Å². The Balaban J connectivity index is 2.05. The average molecular weight is 249 g/mol. The fourth-order valence-electron chi connectivity index (χ4n) is 2.68. The molecule has 98 valence electrons. The van der Waals surface area contributed by atoms with E-state index in [0.29, 0.717) is 17.8 Å². The van der Waals surface area contributed by atoms with Gasteiger partial charge in [-0.1, -0.05) is 13.8 Å². The first kappa shape index (κ1) is 12.8. The highest BCUT2D eigenvalue weighted by Crippen LogP contribution is 2.30. The van der Waals surface area contributed by atoms with E-state index in [2.05, 4.69) is 24.1 Å². The van der Waals surface area contributed by atoms with E-state index in [9.17, 15) is 10.1 Å². The van der Waals surface area contributed by atoms with Crippen LogP contribution in [0.5, 0.6) is 0 Å². The van der Waals surface area contributed by atoms with Gasteiger partial charge in [0.25, 0.3) is 5.69 Å². The quantitative estimate of drug-likeness (QED) is 0.659. The molecule has 2 rings (SSSR count). The second-order valence-electron chi connectivity index (χ2n) is 5.30. The zero-order valence-corrected chi connectivity index (χ0v) is 10.8. The zero-order valence-electron chi connectivity index (χ0n) is 10.8. The number of aromatic nitrogens is 1. The summed E-state index contributed by atoms with van der Waals surface area (Å²) >= 11 is 0. The van der Waals surface area contributed by atoms with E-state index in [0.717, 1.165) is 12.3 Å². The van der Waals surface area contributed by atoms with Crippen molar-refractivity contribution in [3.05, 3.63) is 28.4 Å². The summed E-state index contributed by atoms with van der Waals surface area (Å²) in [6, 6.07) is 3.29. The summed E-state index contributed by atoms with van der Waals surface area (Å²) in [6.45, 7) is 4.50. The number of nitro groups is 1. The molecule has 1 aromatic heterocycles. The maximum atomic E-state index is 10.7. The molecule has 3 unspecified atom stereocenters. The lowest BCUT2D eigenvalue weighted by molar-refractivity contribution is -0.384. The first-order valence-electron chi connectivity index (χ1n) is 6.43. The fraction of sp³-hybridized carbons (Fsp3) is 0.615. The third-order valence-electron chi connectivity index (χ3n) is 3.72. The minimum absolute atomic E-state index is 0.0873. The second kappa shape index (κ2) is 5.33. The summed E-state index contributed by atoms with van der Waals surface area (Å²) in [5, 5.41) is 14.0. The van der Waals surface area contributed by atoms with Gasteiger partial charge in [-0.15, -0.1) is 0 Å². The molecule has 0 spiro atoms. The highest BCUT2D eigenvalue weighted by molar-refractivity contribution is 5.45. The lowest BCUT2D eigenvalue weighted by Crippen LogP contribution is -2.33. The zero-order chi connectivity index (χ0) is 13.1. The molecular weight excluding hydrogens is 230 g/mol. The van der Waals surface area contributed by atoms with Crippen molar-refractivity contribution in [1.82, 2.24) is 4.98 Å². The summed E-state index contributed by atoms with van der Waals surface area (Å²) in [7, 11) is 0. The minimum Gasteiger partial charge on any atom is -0.367 e. The van der Waals surface area contributed by atoms with Crippen molar-refractivity contribution < 1.29 is 4.92 Å². The maximum Gasteiger partial charge on any atom is 0.274 e. The van der Waals surface area contributed by atoms with Crippen LogP contribution in [0.25, 0.3) is 0 Å². The Kier molecular flexibility index (Phi) is 3.79. The molecule has 1 saturated carbocycles. The summed E-state index contributed by atoms with van der Waals surface area (Å²) in [5.41, 5.74) is 0.0873. The molecule has 1 heterocycles. The Hall–Kier alpha value is -1.65. The molecule has 0 aliphatic heterocycles. The Morgan fingerprint density at radius 2 is 2.22 bits per heavy atom. The number of hydrogen-bond donors (Lipinski definition) is 1. The highest BCUT2D eigenvalue weighted by Gasteiger charge is 2.25. The molecule has 0 saturated heterocycles. The number of anilines is 1. The molecular formula is C13H19N3O2. The van der Waals surface area contributed by atoms with Crippen molar-refractivity contribution in [3.63, 3.8) is 0 Å². The fourth-order valence-corrected chi connectivity index (χ4v) is 2.68. The Morgan fingerprint density at radius 1 is 1.44 bits per heavy atom. The van der Waals surface area contributed by atoms with E-state index in [1.807, 2.05) is 0 Å². The van der Waals surface area contributed by atoms with Crippen LogP contribution in [0.2, 0.25) is 0 Å². The molecule has 1 aromatic rings. The molecule has 0 bridgehead atoms. The van der Waals surface area contributed by atoms with Gasteiger partial charge in [-0.2, -0.15) is 0 Å². The van der Waals surface area contributed by atoms with Crippen molar-refractivity contribution in [2.75, 3.05) is 5.32 Å². The van der Waals surface area contributed by atoms with Gasteiger partial charge < -0.3 is 5.32 Å². The van der Waals surface area contributed by atoms with Crippen LogP contribution >= 0.6 is 0 Å². The normalized spacial score (nSPS) is 27.8. The van der Waals surface area contributed by atoms with E-state index in [4.69, 9.17) is 0 Å². The topological polar surface area (TPSA) is 68.1 Å². The van der Waals surface area contributed by atoms with Crippen molar-refractivity contribution in [1.29, 1.82) is 0 Å². The number of pyridine rings is 1. The molecule has 5 nitrogen and oxygen atoms in total. The first-order valence-corrected chi connectivity index (χ1v) is 6.43. The summed E-state index contributed by atoms with van der Waals surface area (Å²) in [4.78, 5) is 14.5. The van der Waals surface area contributed by atoms with Crippen molar-refractivity contribution in [3.8, 4) is 0 Å². The summed E-state index contributed by atoms with van der Waals surface area (Å²) in [5.74, 6) is 1.96. The molecule has 1 N–H and O–H groups in total. The van der Waals surface area contributed by atoms with Crippen LogP contribution in [0.1, 0.15) is 33.1 Å². The molecule has 0 amide bonds. The average Bonchev–Trinajstić information content (AvgIpc) is 2.33. The number of hydrogen-bond acceptors (Lipinski definition) is 4. The Morgan fingerprint density at radius 3 is 2.89 bits per heavy atom. The third-order valence-corrected chi connectivity index (χ3v) is 3.72. The Labute approximate surface area is 107 Å². The van der Waals surface area contributed by atoms with Crippen LogP contribution < -0.4 is 5.32 Å². The van der Waals surface area contributed by atoms with Crippen molar-refractivity contribution in [2.45, 2.75) is 39.2 Å². The van der Waals surface area contributed by atoms with Crippen LogP contribution in [0.4, 0.5) is 11.5 Å². The summed E-state index contributed by atoms with van der Waals surface area (Å²) in [6.07, 6.45) is 4.99. The standard InChI is InChI=1S/C13H19N3O2/c1-9-3-4-12(10(2)7-9)15-13-8-11(16(17)18)5-6-14-13/h5-6,8-10,12H,3-4,7H2,1-2H3,(H,14,15). The monoisotopic (exact) mass is 249 g/mol. The van der Waals surface area contributed by atoms with E-state index >= 15 is 0 Å². The number of nitrogens with one attached hydrogen (secondary N) is 1. The van der Waals surface area contributed by atoms with Gasteiger partial charge in [0.05, 0.1) is 11.0 Å². The van der Waals surface area contributed by atoms with E-state index in [-0.39, 0.29) is 10.6 Å². The van der Waals surface area contributed by atoms with Crippen LogP contribution in [0, 0.1) is 22.0 Å². The SMILES string of the molecule is CC1CCC(Nc2cc([N+](=O)[O-])ccn2)C(C)C1. The first-order chi connectivity index (χ1) is 8.56. The van der Waals surface area contributed by atoms with Gasteiger partial charge in [0.1, 0.15) is 5.82 Å². The van der Waals surface area contributed by atoms with Gasteiger partial charge in [-0.05, 0) is 31.1 Å². The number of rotatable bonds is 3. The van der Waals surface area contributed by atoms with Crippen LogP contribution in [0.3, 0.4) is 0 Å². The van der Waals surface area contributed by atoms with E-state index in [1.54, 1.807) is 0 Å².